The van der Waals surface area contributed by atoms with Gasteiger partial charge in [-0.05, 0) is 32.6 Å². The lowest BCUT2D eigenvalue weighted by atomic mass is 10.3. The van der Waals surface area contributed by atoms with Crippen molar-refractivity contribution in [3.63, 3.8) is 0 Å². The Labute approximate surface area is 99.6 Å². The molecular weight excluding hydrogens is 226 g/mol. The second kappa shape index (κ2) is 4.45. The van der Waals surface area contributed by atoms with Crippen LogP contribution in [-0.4, -0.2) is 16.3 Å². The maximum absolute atomic E-state index is 11.8. The maximum atomic E-state index is 11.8. The van der Waals surface area contributed by atoms with Gasteiger partial charge in [0.25, 0.3) is 5.56 Å². The van der Waals surface area contributed by atoms with Crippen molar-refractivity contribution in [2.75, 3.05) is 11.9 Å². The fraction of sp³-hybridized carbons (Fsp3) is 0.636. The quantitative estimate of drug-likeness (QED) is 0.880. The van der Waals surface area contributed by atoms with Crippen molar-refractivity contribution >= 4 is 17.3 Å². The van der Waals surface area contributed by atoms with E-state index in [4.69, 9.17) is 11.6 Å². The molecule has 5 heteroatoms. The zero-order chi connectivity index (χ0) is 11.7. The molecule has 4 nitrogen and oxygen atoms in total. The van der Waals surface area contributed by atoms with Gasteiger partial charge in [-0.25, -0.2) is 4.68 Å². The minimum absolute atomic E-state index is 0.0301. The van der Waals surface area contributed by atoms with Crippen molar-refractivity contribution in [1.82, 2.24) is 9.78 Å². The molecule has 0 saturated heterocycles. The fourth-order valence-corrected chi connectivity index (χ4v) is 1.71. The lowest BCUT2D eigenvalue weighted by Gasteiger charge is -2.11. The largest absolute Gasteiger partial charge is 0.382 e. The predicted molar refractivity (Wildman–Crippen MR) is 65.1 cm³/mol. The fourth-order valence-electron chi connectivity index (χ4n) is 1.51. The summed E-state index contributed by atoms with van der Waals surface area (Å²) in [6.45, 7) is 4.69. The molecule has 0 atom stereocenters. The van der Waals surface area contributed by atoms with Crippen molar-refractivity contribution < 1.29 is 0 Å². The summed E-state index contributed by atoms with van der Waals surface area (Å²) in [7, 11) is 0. The van der Waals surface area contributed by atoms with E-state index in [1.165, 1.54) is 17.5 Å². The minimum atomic E-state index is -0.225. The number of halogens is 1. The van der Waals surface area contributed by atoms with Gasteiger partial charge in [-0.3, -0.25) is 4.79 Å². The van der Waals surface area contributed by atoms with Crippen LogP contribution >= 0.6 is 11.6 Å². The second-order valence-corrected chi connectivity index (χ2v) is 4.92. The highest BCUT2D eigenvalue weighted by Crippen LogP contribution is 2.29. The van der Waals surface area contributed by atoms with E-state index < -0.39 is 0 Å². The molecule has 1 aromatic rings. The number of hydrogen-bond acceptors (Lipinski definition) is 3. The molecule has 1 saturated carbocycles. The monoisotopic (exact) mass is 241 g/mol. The molecule has 0 bridgehead atoms. The van der Waals surface area contributed by atoms with Crippen molar-refractivity contribution in [1.29, 1.82) is 0 Å². The Bertz CT molecular complexity index is 437. The third-order valence-electron chi connectivity index (χ3n) is 2.71. The van der Waals surface area contributed by atoms with Crippen LogP contribution in [0, 0.1) is 5.92 Å². The van der Waals surface area contributed by atoms with Gasteiger partial charge >= 0.3 is 0 Å². The third kappa shape index (κ3) is 2.38. The first-order chi connectivity index (χ1) is 7.59. The molecule has 0 spiro atoms. The zero-order valence-corrected chi connectivity index (χ0v) is 10.3. The van der Waals surface area contributed by atoms with Crippen LogP contribution in [0.5, 0.6) is 0 Å². The van der Waals surface area contributed by atoms with Crippen molar-refractivity contribution in [3.8, 4) is 0 Å². The Hall–Kier alpha value is -1.03. The standard InChI is InChI=1S/C11H16ClN3O/c1-7(2)15-11(16)10(12)9(6-14-15)13-5-8-3-4-8/h6-8,13H,3-5H2,1-2H3. The highest BCUT2D eigenvalue weighted by Gasteiger charge is 2.21. The highest BCUT2D eigenvalue weighted by atomic mass is 35.5. The number of rotatable bonds is 4. The van der Waals surface area contributed by atoms with Crippen LogP contribution in [0.2, 0.25) is 5.02 Å². The molecule has 0 radical (unpaired) electrons. The SMILES string of the molecule is CC(C)n1ncc(NCC2CC2)c(Cl)c1=O. The van der Waals surface area contributed by atoms with Gasteiger partial charge in [0, 0.05) is 6.54 Å². The van der Waals surface area contributed by atoms with Gasteiger partial charge in [0.05, 0.1) is 17.9 Å². The Balaban J connectivity index is 2.19. The average Bonchev–Trinajstić information content (AvgIpc) is 3.03. The highest BCUT2D eigenvalue weighted by molar-refractivity contribution is 6.32. The number of aromatic nitrogens is 2. The summed E-state index contributed by atoms with van der Waals surface area (Å²) in [6, 6.07) is 0.0301. The lowest BCUT2D eigenvalue weighted by Crippen LogP contribution is -2.26. The van der Waals surface area contributed by atoms with E-state index in [0.717, 1.165) is 12.5 Å². The lowest BCUT2D eigenvalue weighted by molar-refractivity contribution is 0.503. The smallest absolute Gasteiger partial charge is 0.287 e. The number of nitrogens with one attached hydrogen (secondary N) is 1. The molecule has 0 aromatic carbocycles. The molecule has 0 amide bonds. The molecule has 1 N–H and O–H groups in total. The van der Waals surface area contributed by atoms with Crippen LogP contribution in [0.4, 0.5) is 5.69 Å². The Morgan fingerprint density at radius 2 is 2.31 bits per heavy atom. The van der Waals surface area contributed by atoms with Crippen LogP contribution in [0.25, 0.3) is 0 Å². The van der Waals surface area contributed by atoms with Gasteiger partial charge in [-0.1, -0.05) is 11.6 Å². The van der Waals surface area contributed by atoms with Gasteiger partial charge in [0.2, 0.25) is 0 Å². The molecule has 2 rings (SSSR count). The van der Waals surface area contributed by atoms with Crippen molar-refractivity contribution in [2.24, 2.45) is 5.92 Å². The molecule has 16 heavy (non-hydrogen) atoms. The Morgan fingerprint density at radius 3 is 2.88 bits per heavy atom. The summed E-state index contributed by atoms with van der Waals surface area (Å²) < 4.78 is 1.39. The van der Waals surface area contributed by atoms with Gasteiger partial charge in [-0.15, -0.1) is 0 Å². The molecule has 1 aliphatic rings. The van der Waals surface area contributed by atoms with Crippen molar-refractivity contribution in [2.45, 2.75) is 32.7 Å². The average molecular weight is 242 g/mol. The van der Waals surface area contributed by atoms with Crippen LogP contribution < -0.4 is 10.9 Å². The first kappa shape index (κ1) is 11.5. The van der Waals surface area contributed by atoms with E-state index in [1.807, 2.05) is 13.8 Å². The molecule has 88 valence electrons. The normalized spacial score (nSPS) is 15.5. The summed E-state index contributed by atoms with van der Waals surface area (Å²) in [5.74, 6) is 0.739. The van der Waals surface area contributed by atoms with Crippen LogP contribution in [0.15, 0.2) is 11.0 Å². The van der Waals surface area contributed by atoms with E-state index in [0.29, 0.717) is 5.69 Å². The summed E-state index contributed by atoms with van der Waals surface area (Å²) in [6.07, 6.45) is 4.16. The summed E-state index contributed by atoms with van der Waals surface area (Å²) in [4.78, 5) is 11.8. The molecule has 0 unspecified atom stereocenters. The maximum Gasteiger partial charge on any atom is 0.287 e. The van der Waals surface area contributed by atoms with Crippen LogP contribution in [-0.2, 0) is 0 Å². The molecular formula is C11H16ClN3O. The number of anilines is 1. The van der Waals surface area contributed by atoms with E-state index in [9.17, 15) is 4.79 Å². The predicted octanol–water partition coefficient (Wildman–Crippen LogP) is 2.30. The van der Waals surface area contributed by atoms with Gasteiger partial charge in [0.1, 0.15) is 5.02 Å². The number of hydrogen-bond donors (Lipinski definition) is 1. The zero-order valence-electron chi connectivity index (χ0n) is 9.53. The van der Waals surface area contributed by atoms with Gasteiger partial charge < -0.3 is 5.32 Å². The summed E-state index contributed by atoms with van der Waals surface area (Å²) >= 11 is 6.01. The molecule has 1 fully saturated rings. The van der Waals surface area contributed by atoms with E-state index in [1.54, 1.807) is 6.20 Å². The van der Waals surface area contributed by atoms with E-state index in [-0.39, 0.29) is 16.6 Å². The van der Waals surface area contributed by atoms with E-state index in [2.05, 4.69) is 10.4 Å². The second-order valence-electron chi connectivity index (χ2n) is 4.54. The van der Waals surface area contributed by atoms with E-state index >= 15 is 0 Å². The summed E-state index contributed by atoms with van der Waals surface area (Å²) in [5.41, 5.74) is 0.424. The van der Waals surface area contributed by atoms with Crippen LogP contribution in [0.1, 0.15) is 32.7 Å². The van der Waals surface area contributed by atoms with Gasteiger partial charge in [0.15, 0.2) is 0 Å². The Kier molecular flexibility index (Phi) is 3.19. The van der Waals surface area contributed by atoms with Crippen LogP contribution in [0.3, 0.4) is 0 Å². The molecule has 1 aliphatic carbocycles. The molecule has 0 aliphatic heterocycles. The van der Waals surface area contributed by atoms with Gasteiger partial charge in [-0.2, -0.15) is 5.10 Å². The summed E-state index contributed by atoms with van der Waals surface area (Å²) in [5, 5.41) is 7.51. The number of nitrogens with zero attached hydrogens (tertiary/aromatic N) is 2. The minimum Gasteiger partial charge on any atom is -0.382 e. The Morgan fingerprint density at radius 1 is 1.62 bits per heavy atom. The first-order valence-corrected chi connectivity index (χ1v) is 5.98. The molecule has 1 aromatic heterocycles. The topological polar surface area (TPSA) is 46.9 Å². The van der Waals surface area contributed by atoms with Crippen molar-refractivity contribution in [3.05, 3.63) is 21.6 Å². The first-order valence-electron chi connectivity index (χ1n) is 5.60. The molecule has 1 heterocycles. The third-order valence-corrected chi connectivity index (χ3v) is 3.08.